The van der Waals surface area contributed by atoms with Crippen molar-refractivity contribution in [1.29, 1.82) is 0 Å². The number of hydrogen-bond donors (Lipinski definition) is 1. The first kappa shape index (κ1) is 14.5. The van der Waals surface area contributed by atoms with Crippen molar-refractivity contribution in [1.82, 2.24) is 0 Å². The fraction of sp³-hybridized carbons (Fsp3) is 0.500. The van der Waals surface area contributed by atoms with Crippen LogP contribution in [0.1, 0.15) is 25.0 Å². The van der Waals surface area contributed by atoms with E-state index in [1.165, 1.54) is 0 Å². The Hall–Kier alpha value is -0.550. The van der Waals surface area contributed by atoms with Gasteiger partial charge in [-0.1, -0.05) is 19.9 Å². The second-order valence-corrected chi connectivity index (χ2v) is 7.34. The summed E-state index contributed by atoms with van der Waals surface area (Å²) < 4.78 is 27.2. The Balaban J connectivity index is 3.04. The Morgan fingerprint density at radius 3 is 2.35 bits per heavy atom. The van der Waals surface area contributed by atoms with Gasteiger partial charge in [0.15, 0.2) is 0 Å². The molecule has 5 heteroatoms. The molecule has 1 aromatic carbocycles. The Labute approximate surface area is 112 Å². The van der Waals surface area contributed by atoms with Gasteiger partial charge in [-0.3, -0.25) is 4.72 Å². The first-order valence-electron chi connectivity index (χ1n) is 5.48. The van der Waals surface area contributed by atoms with E-state index in [9.17, 15) is 8.42 Å². The molecule has 0 fully saturated rings. The van der Waals surface area contributed by atoms with Crippen LogP contribution in [-0.2, 0) is 10.0 Å². The van der Waals surface area contributed by atoms with E-state index in [0.29, 0.717) is 5.69 Å². The number of aryl methyl sites for hydroxylation is 2. The Kier molecular flexibility index (Phi) is 4.61. The van der Waals surface area contributed by atoms with Crippen molar-refractivity contribution in [2.45, 2.75) is 27.7 Å². The molecule has 0 radical (unpaired) electrons. The molecule has 0 heterocycles. The van der Waals surface area contributed by atoms with Crippen molar-refractivity contribution in [3.63, 3.8) is 0 Å². The molecular formula is C12H18BrNO2S. The molecule has 17 heavy (non-hydrogen) atoms. The van der Waals surface area contributed by atoms with E-state index in [1.54, 1.807) is 0 Å². The van der Waals surface area contributed by atoms with Crippen molar-refractivity contribution in [3.8, 4) is 0 Å². The van der Waals surface area contributed by atoms with E-state index in [1.807, 2.05) is 39.8 Å². The zero-order chi connectivity index (χ0) is 13.2. The van der Waals surface area contributed by atoms with E-state index in [4.69, 9.17) is 0 Å². The summed E-state index contributed by atoms with van der Waals surface area (Å²) in [5, 5.41) is 0. The van der Waals surface area contributed by atoms with Crippen LogP contribution in [0.2, 0.25) is 0 Å². The Bertz CT molecular complexity index is 486. The van der Waals surface area contributed by atoms with Crippen LogP contribution in [0.15, 0.2) is 16.6 Å². The molecule has 0 saturated heterocycles. The fourth-order valence-corrected chi connectivity index (χ4v) is 4.13. The smallest absolute Gasteiger partial charge is 0.233 e. The molecule has 96 valence electrons. The molecule has 0 amide bonds. The highest BCUT2D eigenvalue weighted by molar-refractivity contribution is 9.10. The largest absolute Gasteiger partial charge is 0.282 e. The highest BCUT2D eigenvalue weighted by Crippen LogP contribution is 2.28. The highest BCUT2D eigenvalue weighted by Gasteiger charge is 2.16. The van der Waals surface area contributed by atoms with Gasteiger partial charge in [-0.15, -0.1) is 0 Å². The lowest BCUT2D eigenvalue weighted by Gasteiger charge is -2.14. The highest BCUT2D eigenvalue weighted by atomic mass is 79.9. The summed E-state index contributed by atoms with van der Waals surface area (Å²) in [6.45, 7) is 7.64. The first-order valence-corrected chi connectivity index (χ1v) is 7.93. The van der Waals surface area contributed by atoms with Gasteiger partial charge in [0.25, 0.3) is 0 Å². The molecule has 0 aliphatic carbocycles. The van der Waals surface area contributed by atoms with Gasteiger partial charge in [-0.25, -0.2) is 8.42 Å². The molecular weight excluding hydrogens is 302 g/mol. The van der Waals surface area contributed by atoms with Gasteiger partial charge in [-0.05, 0) is 52.9 Å². The van der Waals surface area contributed by atoms with E-state index in [0.717, 1.165) is 15.6 Å². The number of rotatable bonds is 4. The summed E-state index contributed by atoms with van der Waals surface area (Å²) in [4.78, 5) is 0. The fourth-order valence-electron chi connectivity index (χ4n) is 1.68. The summed E-state index contributed by atoms with van der Waals surface area (Å²) in [6.07, 6.45) is 0. The topological polar surface area (TPSA) is 46.2 Å². The van der Waals surface area contributed by atoms with E-state index < -0.39 is 10.0 Å². The maximum atomic E-state index is 11.9. The van der Waals surface area contributed by atoms with Gasteiger partial charge in [0.1, 0.15) is 0 Å². The molecule has 0 aliphatic rings. The molecule has 3 nitrogen and oxygen atoms in total. The van der Waals surface area contributed by atoms with E-state index >= 15 is 0 Å². The van der Waals surface area contributed by atoms with Crippen LogP contribution in [0.5, 0.6) is 0 Å². The monoisotopic (exact) mass is 319 g/mol. The maximum Gasteiger partial charge on any atom is 0.233 e. The summed E-state index contributed by atoms with van der Waals surface area (Å²) >= 11 is 3.39. The molecule has 1 N–H and O–H groups in total. The lowest BCUT2D eigenvalue weighted by molar-refractivity contribution is 0.587. The second-order valence-electron chi connectivity index (χ2n) is 4.72. The molecule has 0 bridgehead atoms. The molecule has 1 rings (SSSR count). The van der Waals surface area contributed by atoms with Crippen LogP contribution in [0.25, 0.3) is 0 Å². The van der Waals surface area contributed by atoms with Gasteiger partial charge in [0, 0.05) is 4.47 Å². The van der Waals surface area contributed by atoms with Crippen molar-refractivity contribution >= 4 is 31.6 Å². The zero-order valence-electron chi connectivity index (χ0n) is 10.5. The van der Waals surface area contributed by atoms with Crippen LogP contribution in [0.4, 0.5) is 5.69 Å². The molecule has 0 saturated carbocycles. The van der Waals surface area contributed by atoms with Crippen LogP contribution < -0.4 is 4.72 Å². The Morgan fingerprint density at radius 2 is 1.88 bits per heavy atom. The zero-order valence-corrected chi connectivity index (χ0v) is 12.9. The van der Waals surface area contributed by atoms with Gasteiger partial charge in [0.05, 0.1) is 11.4 Å². The summed E-state index contributed by atoms with van der Waals surface area (Å²) in [7, 11) is -3.27. The summed E-state index contributed by atoms with van der Waals surface area (Å²) in [6, 6.07) is 3.86. The van der Waals surface area contributed by atoms with Gasteiger partial charge < -0.3 is 0 Å². The maximum absolute atomic E-state index is 11.9. The van der Waals surface area contributed by atoms with Crippen molar-refractivity contribution in [3.05, 3.63) is 27.7 Å². The summed E-state index contributed by atoms with van der Waals surface area (Å²) in [5.74, 6) is 0.240. The standard InChI is InChI=1S/C12H18BrNO2S/c1-8(2)7-17(15,16)14-12-10(4)5-9(3)6-11(12)13/h5-6,8,14H,7H2,1-4H3. The average Bonchev–Trinajstić information content (AvgIpc) is 2.09. The number of anilines is 1. The molecule has 0 spiro atoms. The third-order valence-electron chi connectivity index (χ3n) is 2.24. The molecule has 0 unspecified atom stereocenters. The minimum Gasteiger partial charge on any atom is -0.282 e. The van der Waals surface area contributed by atoms with Crippen molar-refractivity contribution in [2.24, 2.45) is 5.92 Å². The van der Waals surface area contributed by atoms with E-state index in [-0.39, 0.29) is 11.7 Å². The second kappa shape index (κ2) is 5.40. The van der Waals surface area contributed by atoms with Crippen molar-refractivity contribution in [2.75, 3.05) is 10.5 Å². The number of nitrogens with one attached hydrogen (secondary N) is 1. The summed E-state index contributed by atoms with van der Waals surface area (Å²) in [5.41, 5.74) is 2.65. The lowest BCUT2D eigenvalue weighted by Crippen LogP contribution is -2.20. The first-order chi connectivity index (χ1) is 7.71. The van der Waals surface area contributed by atoms with Crippen LogP contribution in [0, 0.1) is 19.8 Å². The average molecular weight is 320 g/mol. The van der Waals surface area contributed by atoms with Crippen LogP contribution in [-0.4, -0.2) is 14.2 Å². The third kappa shape index (κ3) is 4.32. The molecule has 1 aromatic rings. The minimum atomic E-state index is -3.27. The number of hydrogen-bond acceptors (Lipinski definition) is 2. The normalized spacial score (nSPS) is 11.9. The number of benzene rings is 1. The van der Waals surface area contributed by atoms with Crippen LogP contribution in [0.3, 0.4) is 0 Å². The molecule has 0 aliphatic heterocycles. The van der Waals surface area contributed by atoms with Gasteiger partial charge >= 0.3 is 0 Å². The van der Waals surface area contributed by atoms with Gasteiger partial charge in [-0.2, -0.15) is 0 Å². The predicted octanol–water partition coefficient (Wildman–Crippen LogP) is 3.46. The number of halogens is 1. The molecule has 0 aromatic heterocycles. The molecule has 0 atom stereocenters. The minimum absolute atomic E-state index is 0.108. The SMILES string of the molecule is Cc1cc(C)c(NS(=O)(=O)CC(C)C)c(Br)c1. The quantitative estimate of drug-likeness (QED) is 0.923. The Morgan fingerprint density at radius 1 is 1.29 bits per heavy atom. The van der Waals surface area contributed by atoms with E-state index in [2.05, 4.69) is 20.7 Å². The van der Waals surface area contributed by atoms with Gasteiger partial charge in [0.2, 0.25) is 10.0 Å². The van der Waals surface area contributed by atoms with Crippen LogP contribution >= 0.6 is 15.9 Å². The number of sulfonamides is 1. The lowest BCUT2D eigenvalue weighted by atomic mass is 10.1. The van der Waals surface area contributed by atoms with Crippen molar-refractivity contribution < 1.29 is 8.42 Å². The third-order valence-corrected chi connectivity index (χ3v) is 4.49. The predicted molar refractivity (Wildman–Crippen MR) is 75.9 cm³/mol.